The molecule has 106 valence electrons. The topological polar surface area (TPSA) is 75.3 Å². The molecule has 0 aliphatic heterocycles. The van der Waals surface area contributed by atoms with Crippen LogP contribution in [0.3, 0.4) is 0 Å². The van der Waals surface area contributed by atoms with Crippen LogP contribution in [0.2, 0.25) is 0 Å². The van der Waals surface area contributed by atoms with Crippen LogP contribution >= 0.6 is 15.9 Å². The highest BCUT2D eigenvalue weighted by Gasteiger charge is 2.10. The first-order valence-electron chi connectivity index (χ1n) is 5.51. The van der Waals surface area contributed by atoms with E-state index < -0.39 is 21.7 Å². The van der Waals surface area contributed by atoms with Crippen LogP contribution in [0.25, 0.3) is 0 Å². The zero-order valence-electron chi connectivity index (χ0n) is 10.0. The Labute approximate surface area is 119 Å². The SMILES string of the molecule is O=C(NCCS(=O)(=O)NCCBr)c1ccc(F)cc1. The number of halogens is 2. The number of hydrogen-bond acceptors (Lipinski definition) is 3. The summed E-state index contributed by atoms with van der Waals surface area (Å²) < 4.78 is 37.8. The molecule has 1 amide bonds. The Morgan fingerprint density at radius 1 is 1.21 bits per heavy atom. The second-order valence-electron chi connectivity index (χ2n) is 3.66. The lowest BCUT2D eigenvalue weighted by Gasteiger charge is -2.07. The third-order valence-electron chi connectivity index (χ3n) is 2.18. The highest BCUT2D eigenvalue weighted by Crippen LogP contribution is 2.02. The maximum atomic E-state index is 12.7. The van der Waals surface area contributed by atoms with Crippen molar-refractivity contribution in [1.29, 1.82) is 0 Å². The summed E-state index contributed by atoms with van der Waals surface area (Å²) in [6, 6.07) is 5.01. The van der Waals surface area contributed by atoms with Gasteiger partial charge in [-0.15, -0.1) is 0 Å². The van der Waals surface area contributed by atoms with Gasteiger partial charge in [0.05, 0.1) is 5.75 Å². The summed E-state index contributed by atoms with van der Waals surface area (Å²) in [5.74, 6) is -1.07. The highest BCUT2D eigenvalue weighted by molar-refractivity contribution is 9.09. The van der Waals surface area contributed by atoms with E-state index >= 15 is 0 Å². The molecule has 0 atom stereocenters. The average molecular weight is 353 g/mol. The molecule has 0 unspecified atom stereocenters. The van der Waals surface area contributed by atoms with Crippen molar-refractivity contribution in [2.75, 3.05) is 24.2 Å². The Balaban J connectivity index is 2.41. The Kier molecular flexibility index (Phi) is 6.40. The van der Waals surface area contributed by atoms with E-state index in [4.69, 9.17) is 0 Å². The largest absolute Gasteiger partial charge is 0.351 e. The molecule has 1 aromatic rings. The molecule has 8 heteroatoms. The van der Waals surface area contributed by atoms with E-state index in [0.29, 0.717) is 11.9 Å². The van der Waals surface area contributed by atoms with Crippen LogP contribution in [-0.2, 0) is 10.0 Å². The van der Waals surface area contributed by atoms with Crippen molar-refractivity contribution >= 4 is 31.9 Å². The van der Waals surface area contributed by atoms with Crippen LogP contribution in [0.4, 0.5) is 4.39 Å². The summed E-state index contributed by atoms with van der Waals surface area (Å²) in [5.41, 5.74) is 0.284. The van der Waals surface area contributed by atoms with Crippen LogP contribution in [-0.4, -0.2) is 38.5 Å². The van der Waals surface area contributed by atoms with Gasteiger partial charge in [0.15, 0.2) is 0 Å². The maximum Gasteiger partial charge on any atom is 0.251 e. The van der Waals surface area contributed by atoms with Crippen molar-refractivity contribution in [3.8, 4) is 0 Å². The molecule has 2 N–H and O–H groups in total. The molecule has 0 aliphatic rings. The average Bonchev–Trinajstić information content (AvgIpc) is 2.37. The number of nitrogens with one attached hydrogen (secondary N) is 2. The molecule has 1 aromatic carbocycles. The first-order chi connectivity index (χ1) is 8.94. The number of carbonyl (C=O) groups is 1. The summed E-state index contributed by atoms with van der Waals surface area (Å²) in [6.45, 7) is 0.294. The number of hydrogen-bond donors (Lipinski definition) is 2. The van der Waals surface area contributed by atoms with E-state index in [0.717, 1.165) is 0 Å². The van der Waals surface area contributed by atoms with E-state index in [1.807, 2.05) is 0 Å². The number of alkyl halides is 1. The molecule has 0 saturated heterocycles. The zero-order valence-corrected chi connectivity index (χ0v) is 12.4. The molecule has 0 saturated carbocycles. The van der Waals surface area contributed by atoms with Crippen molar-refractivity contribution < 1.29 is 17.6 Å². The highest BCUT2D eigenvalue weighted by atomic mass is 79.9. The van der Waals surface area contributed by atoms with Gasteiger partial charge in [-0.1, -0.05) is 15.9 Å². The first-order valence-corrected chi connectivity index (χ1v) is 8.29. The molecule has 19 heavy (non-hydrogen) atoms. The number of rotatable bonds is 7. The molecule has 0 heterocycles. The second kappa shape index (κ2) is 7.56. The standard InChI is InChI=1S/C11H14BrFN2O3S/c12-5-6-15-19(17,18)8-7-14-11(16)9-1-3-10(13)4-2-9/h1-4,15H,5-8H2,(H,14,16). The molecule has 0 aliphatic carbocycles. The third-order valence-corrected chi connectivity index (χ3v) is 3.96. The number of amides is 1. The van der Waals surface area contributed by atoms with Gasteiger partial charge in [0.25, 0.3) is 5.91 Å². The Morgan fingerprint density at radius 2 is 1.84 bits per heavy atom. The van der Waals surface area contributed by atoms with Crippen LogP contribution in [0.1, 0.15) is 10.4 Å². The van der Waals surface area contributed by atoms with Gasteiger partial charge in [0.1, 0.15) is 5.82 Å². The second-order valence-corrected chi connectivity index (χ2v) is 6.38. The molecule has 0 radical (unpaired) electrons. The van der Waals surface area contributed by atoms with Crippen LogP contribution in [0.5, 0.6) is 0 Å². The summed E-state index contributed by atoms with van der Waals surface area (Å²) in [5, 5.41) is 2.98. The van der Waals surface area contributed by atoms with Crippen LogP contribution in [0, 0.1) is 5.82 Å². The maximum absolute atomic E-state index is 12.7. The molecule has 0 spiro atoms. The van der Waals surface area contributed by atoms with Gasteiger partial charge in [-0.2, -0.15) is 0 Å². The fourth-order valence-corrected chi connectivity index (χ4v) is 2.66. The summed E-state index contributed by atoms with van der Waals surface area (Å²) in [4.78, 5) is 11.6. The minimum atomic E-state index is -3.38. The predicted molar refractivity (Wildman–Crippen MR) is 74.3 cm³/mol. The van der Waals surface area contributed by atoms with E-state index in [2.05, 4.69) is 26.0 Å². The number of sulfonamides is 1. The first kappa shape index (κ1) is 16.1. The van der Waals surface area contributed by atoms with Crippen molar-refractivity contribution in [3.05, 3.63) is 35.6 Å². The third kappa shape index (κ3) is 6.13. The van der Waals surface area contributed by atoms with Crippen molar-refractivity contribution in [1.82, 2.24) is 10.0 Å². The minimum Gasteiger partial charge on any atom is -0.351 e. The smallest absolute Gasteiger partial charge is 0.251 e. The van der Waals surface area contributed by atoms with Gasteiger partial charge in [-0.3, -0.25) is 4.79 Å². The summed E-state index contributed by atoms with van der Waals surface area (Å²) in [6.07, 6.45) is 0. The summed E-state index contributed by atoms with van der Waals surface area (Å²) >= 11 is 3.10. The zero-order chi connectivity index (χ0) is 14.3. The van der Waals surface area contributed by atoms with Gasteiger partial charge >= 0.3 is 0 Å². The lowest BCUT2D eigenvalue weighted by atomic mass is 10.2. The predicted octanol–water partition coefficient (Wildman–Crippen LogP) is 0.870. The Bertz CT molecular complexity index is 519. The molecular formula is C11H14BrFN2O3S. The lowest BCUT2D eigenvalue weighted by molar-refractivity contribution is 0.0956. The Morgan fingerprint density at radius 3 is 2.42 bits per heavy atom. The van der Waals surface area contributed by atoms with Gasteiger partial charge in [0.2, 0.25) is 10.0 Å². The van der Waals surface area contributed by atoms with Crippen molar-refractivity contribution in [2.45, 2.75) is 0 Å². The molecular weight excluding hydrogens is 339 g/mol. The number of carbonyl (C=O) groups excluding carboxylic acids is 1. The van der Waals surface area contributed by atoms with E-state index in [-0.39, 0.29) is 17.9 Å². The van der Waals surface area contributed by atoms with Gasteiger partial charge in [-0.05, 0) is 24.3 Å². The normalized spacial score (nSPS) is 11.3. The van der Waals surface area contributed by atoms with E-state index in [1.165, 1.54) is 24.3 Å². The quantitative estimate of drug-likeness (QED) is 0.715. The number of benzene rings is 1. The van der Waals surface area contributed by atoms with E-state index in [9.17, 15) is 17.6 Å². The van der Waals surface area contributed by atoms with Crippen molar-refractivity contribution in [3.63, 3.8) is 0 Å². The van der Waals surface area contributed by atoms with Gasteiger partial charge in [-0.25, -0.2) is 17.5 Å². The monoisotopic (exact) mass is 352 g/mol. The lowest BCUT2D eigenvalue weighted by Crippen LogP contribution is -2.35. The van der Waals surface area contributed by atoms with Crippen LogP contribution in [0.15, 0.2) is 24.3 Å². The van der Waals surface area contributed by atoms with Gasteiger partial charge in [0, 0.05) is 24.0 Å². The minimum absolute atomic E-state index is 0.00612. The van der Waals surface area contributed by atoms with Gasteiger partial charge < -0.3 is 5.32 Å². The fourth-order valence-electron chi connectivity index (χ4n) is 1.27. The molecule has 1 rings (SSSR count). The van der Waals surface area contributed by atoms with E-state index in [1.54, 1.807) is 0 Å². The van der Waals surface area contributed by atoms with Crippen LogP contribution < -0.4 is 10.0 Å². The molecule has 0 aromatic heterocycles. The molecule has 0 bridgehead atoms. The fraction of sp³-hybridized carbons (Fsp3) is 0.364. The molecule has 5 nitrogen and oxygen atoms in total. The molecule has 0 fully saturated rings. The summed E-state index contributed by atoms with van der Waals surface area (Å²) in [7, 11) is -3.38. The Hall–Kier alpha value is -0.990. The van der Waals surface area contributed by atoms with Crippen molar-refractivity contribution in [2.24, 2.45) is 0 Å².